The first-order valence-electron chi connectivity index (χ1n) is 8.63. The van der Waals surface area contributed by atoms with Crippen LogP contribution in [0.15, 0.2) is 28.9 Å². The summed E-state index contributed by atoms with van der Waals surface area (Å²) in [6, 6.07) is 4.45. The summed E-state index contributed by atoms with van der Waals surface area (Å²) in [7, 11) is 0. The van der Waals surface area contributed by atoms with Crippen LogP contribution in [0.4, 0.5) is 4.39 Å². The molecular weight excluding hydrogens is 373 g/mol. The Morgan fingerprint density at radius 3 is 2.78 bits per heavy atom. The van der Waals surface area contributed by atoms with Crippen LogP contribution in [-0.2, 0) is 6.61 Å². The molecule has 3 aromatic rings. The highest BCUT2D eigenvalue weighted by Gasteiger charge is 2.41. The van der Waals surface area contributed by atoms with Gasteiger partial charge in [-0.25, -0.2) is 4.39 Å². The Morgan fingerprint density at radius 2 is 2.15 bits per heavy atom. The molecular formula is C19H19ClFN3O3. The molecule has 2 heterocycles. The summed E-state index contributed by atoms with van der Waals surface area (Å²) in [5.41, 5.74) is 1.45. The van der Waals surface area contributed by atoms with Crippen LogP contribution in [0.2, 0.25) is 5.02 Å². The molecule has 0 amide bonds. The minimum absolute atomic E-state index is 0.0956. The Bertz CT molecular complexity index is 984. The number of nitrogens with zero attached hydrogens (tertiary/aromatic N) is 3. The monoisotopic (exact) mass is 391 g/mol. The van der Waals surface area contributed by atoms with Crippen molar-refractivity contribution in [3.63, 3.8) is 0 Å². The summed E-state index contributed by atoms with van der Waals surface area (Å²) in [5, 5.41) is 28.4. The second-order valence-corrected chi connectivity index (χ2v) is 7.65. The first-order valence-corrected chi connectivity index (χ1v) is 9.01. The fourth-order valence-corrected chi connectivity index (χ4v) is 3.98. The fraction of sp³-hybridized carbons (Fsp3) is 0.368. The SMILES string of the molecule is Cc1c(-c2onc(-c3c(F)cccc3Cl)c2CO)cnn1C1CC(C)(O)C1. The number of aliphatic hydroxyl groups is 2. The molecule has 142 valence electrons. The Labute approximate surface area is 160 Å². The standard InChI is InChI=1S/C19H19ClFN3O3/c1-10-12(8-22-24(10)11-6-19(2,26)7-11)18-13(9-25)17(23-27-18)16-14(20)4-3-5-15(16)21/h3-5,8,11,25-26H,6-7,9H2,1-2H3. The summed E-state index contributed by atoms with van der Waals surface area (Å²) in [6.45, 7) is 3.30. The van der Waals surface area contributed by atoms with Gasteiger partial charge in [0.05, 0.1) is 46.2 Å². The van der Waals surface area contributed by atoms with Crippen LogP contribution in [0.25, 0.3) is 22.6 Å². The number of aliphatic hydroxyl groups excluding tert-OH is 1. The molecule has 0 bridgehead atoms. The third-order valence-electron chi connectivity index (χ3n) is 5.13. The molecule has 1 aromatic carbocycles. The molecule has 2 N–H and O–H groups in total. The van der Waals surface area contributed by atoms with Gasteiger partial charge in [0, 0.05) is 5.69 Å². The molecule has 1 aliphatic rings. The highest BCUT2D eigenvalue weighted by molar-refractivity contribution is 6.33. The molecule has 2 aromatic heterocycles. The normalized spacial score (nSPS) is 22.1. The van der Waals surface area contributed by atoms with E-state index in [4.69, 9.17) is 16.1 Å². The van der Waals surface area contributed by atoms with E-state index in [0.29, 0.717) is 29.7 Å². The number of benzene rings is 1. The van der Waals surface area contributed by atoms with Crippen molar-refractivity contribution in [2.75, 3.05) is 0 Å². The van der Waals surface area contributed by atoms with Gasteiger partial charge in [0.25, 0.3) is 0 Å². The smallest absolute Gasteiger partial charge is 0.176 e. The lowest BCUT2D eigenvalue weighted by Gasteiger charge is -2.41. The van der Waals surface area contributed by atoms with Gasteiger partial charge < -0.3 is 14.7 Å². The zero-order chi connectivity index (χ0) is 19.3. The number of halogens is 2. The topological polar surface area (TPSA) is 84.3 Å². The van der Waals surface area contributed by atoms with Gasteiger partial charge in [0.2, 0.25) is 0 Å². The molecule has 0 saturated heterocycles. The van der Waals surface area contributed by atoms with Crippen molar-refractivity contribution in [1.29, 1.82) is 0 Å². The first-order chi connectivity index (χ1) is 12.8. The molecule has 27 heavy (non-hydrogen) atoms. The summed E-state index contributed by atoms with van der Waals surface area (Å²) in [6.07, 6.45) is 2.87. The molecule has 0 spiro atoms. The first kappa shape index (κ1) is 18.2. The van der Waals surface area contributed by atoms with Crippen LogP contribution < -0.4 is 0 Å². The second kappa shape index (κ2) is 6.44. The highest BCUT2D eigenvalue weighted by Crippen LogP contribution is 2.43. The Kier molecular flexibility index (Phi) is 4.33. The lowest BCUT2D eigenvalue weighted by atomic mass is 9.77. The minimum Gasteiger partial charge on any atom is -0.391 e. The van der Waals surface area contributed by atoms with E-state index < -0.39 is 11.4 Å². The zero-order valence-corrected chi connectivity index (χ0v) is 15.7. The molecule has 1 fully saturated rings. The fourth-order valence-electron chi connectivity index (χ4n) is 3.73. The number of rotatable bonds is 4. The van der Waals surface area contributed by atoms with Crippen molar-refractivity contribution in [1.82, 2.24) is 14.9 Å². The van der Waals surface area contributed by atoms with Crippen LogP contribution in [0, 0.1) is 12.7 Å². The second-order valence-electron chi connectivity index (χ2n) is 7.24. The van der Waals surface area contributed by atoms with Crippen molar-refractivity contribution in [2.24, 2.45) is 0 Å². The van der Waals surface area contributed by atoms with E-state index in [1.165, 1.54) is 12.1 Å². The van der Waals surface area contributed by atoms with E-state index in [1.807, 2.05) is 11.6 Å². The lowest BCUT2D eigenvalue weighted by Crippen LogP contribution is -2.42. The Morgan fingerprint density at radius 1 is 1.41 bits per heavy atom. The van der Waals surface area contributed by atoms with Gasteiger partial charge in [0.1, 0.15) is 11.5 Å². The van der Waals surface area contributed by atoms with Crippen molar-refractivity contribution >= 4 is 11.6 Å². The van der Waals surface area contributed by atoms with Crippen molar-refractivity contribution < 1.29 is 19.1 Å². The molecule has 4 rings (SSSR count). The zero-order valence-electron chi connectivity index (χ0n) is 14.9. The minimum atomic E-state index is -0.666. The molecule has 0 radical (unpaired) electrons. The average Bonchev–Trinajstić information content (AvgIpc) is 3.15. The maximum Gasteiger partial charge on any atom is 0.176 e. The van der Waals surface area contributed by atoms with Gasteiger partial charge in [-0.3, -0.25) is 4.68 Å². The predicted octanol–water partition coefficient (Wildman–Crippen LogP) is 3.88. The van der Waals surface area contributed by atoms with Gasteiger partial charge in [-0.05, 0) is 38.8 Å². The molecule has 8 heteroatoms. The maximum absolute atomic E-state index is 14.3. The lowest BCUT2D eigenvalue weighted by molar-refractivity contribution is -0.0548. The summed E-state index contributed by atoms with van der Waals surface area (Å²) in [4.78, 5) is 0. The maximum atomic E-state index is 14.3. The quantitative estimate of drug-likeness (QED) is 0.705. The van der Waals surface area contributed by atoms with E-state index in [9.17, 15) is 14.6 Å². The molecule has 0 aliphatic heterocycles. The third kappa shape index (κ3) is 2.96. The molecule has 1 aliphatic carbocycles. The molecule has 0 atom stereocenters. The van der Waals surface area contributed by atoms with Crippen molar-refractivity contribution in [2.45, 2.75) is 44.9 Å². The largest absolute Gasteiger partial charge is 0.391 e. The number of aromatic nitrogens is 3. The third-order valence-corrected chi connectivity index (χ3v) is 5.45. The van der Waals surface area contributed by atoms with Gasteiger partial charge in [-0.1, -0.05) is 22.8 Å². The van der Waals surface area contributed by atoms with E-state index in [2.05, 4.69) is 10.3 Å². The van der Waals surface area contributed by atoms with Gasteiger partial charge >= 0.3 is 0 Å². The Hall–Kier alpha value is -2.22. The summed E-state index contributed by atoms with van der Waals surface area (Å²) < 4.78 is 21.6. The van der Waals surface area contributed by atoms with Crippen LogP contribution in [0.5, 0.6) is 0 Å². The Balaban J connectivity index is 1.76. The van der Waals surface area contributed by atoms with Crippen molar-refractivity contribution in [3.05, 3.63) is 46.5 Å². The van der Waals surface area contributed by atoms with Gasteiger partial charge in [0.15, 0.2) is 5.76 Å². The van der Waals surface area contributed by atoms with Gasteiger partial charge in [-0.2, -0.15) is 5.10 Å². The number of hydrogen-bond acceptors (Lipinski definition) is 5. The molecule has 6 nitrogen and oxygen atoms in total. The van der Waals surface area contributed by atoms with Crippen LogP contribution in [0.1, 0.15) is 37.1 Å². The van der Waals surface area contributed by atoms with E-state index in [1.54, 1.807) is 19.2 Å². The summed E-state index contributed by atoms with van der Waals surface area (Å²) in [5.74, 6) is -0.206. The van der Waals surface area contributed by atoms with Crippen LogP contribution in [0.3, 0.4) is 0 Å². The van der Waals surface area contributed by atoms with E-state index in [0.717, 1.165) is 5.69 Å². The molecule has 0 unspecified atom stereocenters. The number of hydrogen-bond donors (Lipinski definition) is 2. The van der Waals surface area contributed by atoms with Gasteiger partial charge in [-0.15, -0.1) is 0 Å². The summed E-state index contributed by atoms with van der Waals surface area (Å²) >= 11 is 6.13. The molecule has 1 saturated carbocycles. The highest BCUT2D eigenvalue weighted by atomic mass is 35.5. The van der Waals surface area contributed by atoms with E-state index >= 15 is 0 Å². The van der Waals surface area contributed by atoms with E-state index in [-0.39, 0.29) is 28.9 Å². The van der Waals surface area contributed by atoms with Crippen LogP contribution in [-0.4, -0.2) is 30.8 Å². The average molecular weight is 392 g/mol. The predicted molar refractivity (Wildman–Crippen MR) is 97.7 cm³/mol. The van der Waals surface area contributed by atoms with Crippen molar-refractivity contribution in [3.8, 4) is 22.6 Å². The van der Waals surface area contributed by atoms with Crippen LogP contribution >= 0.6 is 11.6 Å².